The first-order valence-corrected chi connectivity index (χ1v) is 8.06. The molecule has 0 fully saturated rings. The standard InChI is InChI=1S/C20H22O5/c1-5-24-18(21)15-9-7-6-8-14(15)16-12-13(20(2,3)4)10-11-17(16)25-19(22)23/h6-12H,5H2,1-4H3,(H,22,23). The lowest BCUT2D eigenvalue weighted by molar-refractivity contribution is 0.0527. The predicted molar refractivity (Wildman–Crippen MR) is 95.2 cm³/mol. The van der Waals surface area contributed by atoms with E-state index in [-0.39, 0.29) is 17.8 Å². The maximum atomic E-state index is 12.3. The van der Waals surface area contributed by atoms with Crippen LogP contribution >= 0.6 is 0 Å². The average Bonchev–Trinajstić information content (AvgIpc) is 2.54. The molecule has 132 valence electrons. The molecule has 1 N–H and O–H groups in total. The van der Waals surface area contributed by atoms with Crippen molar-refractivity contribution in [3.05, 3.63) is 53.6 Å². The highest BCUT2D eigenvalue weighted by Crippen LogP contribution is 2.36. The predicted octanol–water partition coefficient (Wildman–Crippen LogP) is 4.88. The minimum Gasteiger partial charge on any atom is -0.462 e. The normalized spacial score (nSPS) is 11.0. The molecule has 0 saturated heterocycles. The lowest BCUT2D eigenvalue weighted by Crippen LogP contribution is -2.13. The van der Waals surface area contributed by atoms with Crippen LogP contribution < -0.4 is 4.74 Å². The van der Waals surface area contributed by atoms with Gasteiger partial charge in [0, 0.05) is 5.56 Å². The van der Waals surface area contributed by atoms with Gasteiger partial charge >= 0.3 is 12.1 Å². The second-order valence-electron chi connectivity index (χ2n) is 6.59. The first-order chi connectivity index (χ1) is 11.7. The van der Waals surface area contributed by atoms with Crippen LogP contribution in [0.15, 0.2) is 42.5 Å². The van der Waals surface area contributed by atoms with Crippen LogP contribution in [0.2, 0.25) is 0 Å². The molecule has 2 aromatic rings. The molecule has 0 aliphatic heterocycles. The van der Waals surface area contributed by atoms with Crippen molar-refractivity contribution in [1.29, 1.82) is 0 Å². The molecule has 5 heteroatoms. The summed E-state index contributed by atoms with van der Waals surface area (Å²) >= 11 is 0. The summed E-state index contributed by atoms with van der Waals surface area (Å²) in [4.78, 5) is 23.3. The Kier molecular flexibility index (Phi) is 5.47. The number of rotatable bonds is 4. The number of hydrogen-bond donors (Lipinski definition) is 1. The summed E-state index contributed by atoms with van der Waals surface area (Å²) in [5.41, 5.74) is 2.33. The maximum Gasteiger partial charge on any atom is 0.511 e. The van der Waals surface area contributed by atoms with Gasteiger partial charge in [-0.2, -0.15) is 0 Å². The summed E-state index contributed by atoms with van der Waals surface area (Å²) in [5, 5.41) is 9.02. The van der Waals surface area contributed by atoms with Crippen LogP contribution in [-0.2, 0) is 10.2 Å². The van der Waals surface area contributed by atoms with E-state index in [1.807, 2.05) is 12.1 Å². The van der Waals surface area contributed by atoms with Gasteiger partial charge in [-0.3, -0.25) is 0 Å². The third-order valence-corrected chi connectivity index (χ3v) is 3.76. The number of ether oxygens (including phenoxy) is 2. The lowest BCUT2D eigenvalue weighted by atomic mass is 9.84. The van der Waals surface area contributed by atoms with E-state index in [0.29, 0.717) is 16.7 Å². The van der Waals surface area contributed by atoms with Crippen molar-refractivity contribution in [3.63, 3.8) is 0 Å². The van der Waals surface area contributed by atoms with Crippen molar-refractivity contribution >= 4 is 12.1 Å². The van der Waals surface area contributed by atoms with E-state index in [0.717, 1.165) is 5.56 Å². The SMILES string of the molecule is CCOC(=O)c1ccccc1-c1cc(C(C)(C)C)ccc1OC(=O)O. The molecule has 0 spiro atoms. The van der Waals surface area contributed by atoms with Crippen molar-refractivity contribution in [2.24, 2.45) is 0 Å². The fraction of sp³-hybridized carbons (Fsp3) is 0.300. The molecule has 2 rings (SSSR count). The van der Waals surface area contributed by atoms with Gasteiger partial charge in [-0.05, 0) is 41.7 Å². The minimum atomic E-state index is -1.40. The Morgan fingerprint density at radius 1 is 1.04 bits per heavy atom. The third-order valence-electron chi connectivity index (χ3n) is 3.76. The van der Waals surface area contributed by atoms with E-state index >= 15 is 0 Å². The Morgan fingerprint density at radius 2 is 1.72 bits per heavy atom. The van der Waals surface area contributed by atoms with E-state index in [9.17, 15) is 9.59 Å². The minimum absolute atomic E-state index is 0.143. The fourth-order valence-electron chi connectivity index (χ4n) is 2.49. The first kappa shape index (κ1) is 18.5. The Labute approximate surface area is 147 Å². The Bertz CT molecular complexity index is 787. The molecule has 0 heterocycles. The summed E-state index contributed by atoms with van der Waals surface area (Å²) in [6.45, 7) is 8.16. The monoisotopic (exact) mass is 342 g/mol. The molecule has 25 heavy (non-hydrogen) atoms. The van der Waals surface area contributed by atoms with Gasteiger partial charge < -0.3 is 14.6 Å². The topological polar surface area (TPSA) is 72.8 Å². The zero-order valence-electron chi connectivity index (χ0n) is 14.8. The molecule has 0 bridgehead atoms. The molecule has 0 amide bonds. The molecule has 0 aliphatic rings. The first-order valence-electron chi connectivity index (χ1n) is 8.06. The molecule has 0 aliphatic carbocycles. The van der Waals surface area contributed by atoms with Gasteiger partial charge in [-0.25, -0.2) is 9.59 Å². The van der Waals surface area contributed by atoms with Gasteiger partial charge in [-0.1, -0.05) is 45.0 Å². The number of carbonyl (C=O) groups excluding carboxylic acids is 1. The highest BCUT2D eigenvalue weighted by molar-refractivity contribution is 5.98. The second-order valence-corrected chi connectivity index (χ2v) is 6.59. The number of carboxylic acid groups (broad SMARTS) is 1. The molecule has 0 atom stereocenters. The van der Waals surface area contributed by atoms with Gasteiger partial charge in [0.1, 0.15) is 5.75 Å². The summed E-state index contributed by atoms with van der Waals surface area (Å²) in [6, 6.07) is 12.2. The van der Waals surface area contributed by atoms with E-state index in [1.54, 1.807) is 37.3 Å². The fourth-order valence-corrected chi connectivity index (χ4v) is 2.49. The molecule has 2 aromatic carbocycles. The summed E-state index contributed by atoms with van der Waals surface area (Å²) < 4.78 is 10.0. The second kappa shape index (κ2) is 7.38. The van der Waals surface area contributed by atoms with Crippen LogP contribution in [0.4, 0.5) is 4.79 Å². The molecule has 0 unspecified atom stereocenters. The molecule has 0 saturated carbocycles. The van der Waals surface area contributed by atoms with Gasteiger partial charge in [0.25, 0.3) is 0 Å². The number of carbonyl (C=O) groups is 2. The number of hydrogen-bond acceptors (Lipinski definition) is 4. The summed E-state index contributed by atoms with van der Waals surface area (Å²) in [7, 11) is 0. The van der Waals surface area contributed by atoms with Crippen molar-refractivity contribution in [2.75, 3.05) is 6.61 Å². The van der Waals surface area contributed by atoms with E-state index in [1.165, 1.54) is 0 Å². The number of esters is 1. The zero-order chi connectivity index (χ0) is 18.6. The van der Waals surface area contributed by atoms with Gasteiger partial charge in [0.05, 0.1) is 12.2 Å². The highest BCUT2D eigenvalue weighted by atomic mass is 16.7. The molecule has 0 radical (unpaired) electrons. The lowest BCUT2D eigenvalue weighted by Gasteiger charge is -2.21. The zero-order valence-corrected chi connectivity index (χ0v) is 14.8. The van der Waals surface area contributed by atoms with Crippen LogP contribution in [0, 0.1) is 0 Å². The van der Waals surface area contributed by atoms with Gasteiger partial charge in [0.2, 0.25) is 0 Å². The van der Waals surface area contributed by atoms with Crippen molar-refractivity contribution in [3.8, 4) is 16.9 Å². The quantitative estimate of drug-likeness (QED) is 0.633. The summed E-state index contributed by atoms with van der Waals surface area (Å²) in [5.74, 6) is -0.280. The Hall–Kier alpha value is -2.82. The molecule has 5 nitrogen and oxygen atoms in total. The van der Waals surface area contributed by atoms with Crippen LogP contribution in [0.1, 0.15) is 43.6 Å². The molecule has 0 aromatic heterocycles. The van der Waals surface area contributed by atoms with E-state index in [4.69, 9.17) is 14.6 Å². The van der Waals surface area contributed by atoms with Crippen molar-refractivity contribution in [1.82, 2.24) is 0 Å². The molecular formula is C20H22O5. The highest BCUT2D eigenvalue weighted by Gasteiger charge is 2.21. The van der Waals surface area contributed by atoms with Crippen LogP contribution in [0.25, 0.3) is 11.1 Å². The van der Waals surface area contributed by atoms with Crippen molar-refractivity contribution in [2.45, 2.75) is 33.1 Å². The summed E-state index contributed by atoms with van der Waals surface area (Å²) in [6.07, 6.45) is -1.40. The number of benzene rings is 2. The van der Waals surface area contributed by atoms with Crippen LogP contribution in [0.3, 0.4) is 0 Å². The van der Waals surface area contributed by atoms with Crippen molar-refractivity contribution < 1.29 is 24.2 Å². The average molecular weight is 342 g/mol. The van der Waals surface area contributed by atoms with Gasteiger partial charge in [-0.15, -0.1) is 0 Å². The Morgan fingerprint density at radius 3 is 2.32 bits per heavy atom. The van der Waals surface area contributed by atoms with Gasteiger partial charge in [0.15, 0.2) is 0 Å². The smallest absolute Gasteiger partial charge is 0.462 e. The largest absolute Gasteiger partial charge is 0.511 e. The van der Waals surface area contributed by atoms with E-state index in [2.05, 4.69) is 20.8 Å². The molecular weight excluding hydrogens is 320 g/mol. The van der Waals surface area contributed by atoms with Crippen LogP contribution in [-0.4, -0.2) is 23.8 Å². The van der Waals surface area contributed by atoms with E-state index < -0.39 is 12.1 Å². The third kappa shape index (κ3) is 4.38. The maximum absolute atomic E-state index is 12.3. The Balaban J connectivity index is 2.67. The van der Waals surface area contributed by atoms with Crippen LogP contribution in [0.5, 0.6) is 5.75 Å².